The highest BCUT2D eigenvalue weighted by Crippen LogP contribution is 2.23. The number of aryl methyl sites for hydroxylation is 1. The van der Waals surface area contributed by atoms with E-state index in [-0.39, 0.29) is 25.0 Å². The van der Waals surface area contributed by atoms with Crippen LogP contribution in [0.25, 0.3) is 0 Å². The number of carbonyl (C=O) groups is 2. The third-order valence-corrected chi connectivity index (χ3v) is 4.64. The second kappa shape index (κ2) is 10.8. The Kier molecular flexibility index (Phi) is 7.65. The van der Waals surface area contributed by atoms with Crippen LogP contribution in [0.5, 0.6) is 17.2 Å². The van der Waals surface area contributed by atoms with Crippen molar-refractivity contribution in [2.75, 3.05) is 25.5 Å². The summed E-state index contributed by atoms with van der Waals surface area (Å²) in [5.41, 5.74) is 1.82. The fraction of sp³-hybridized carbons (Fsp3) is 0.200. The number of ether oxygens (including phenoxy) is 2. The van der Waals surface area contributed by atoms with Gasteiger partial charge in [0.1, 0.15) is 17.2 Å². The SMILES string of the molecule is CCc1ccccc1NC(=O)CN(C)C(=O)COc1ccc(Oc2ccccc2)cc1. The molecule has 6 nitrogen and oxygen atoms in total. The van der Waals surface area contributed by atoms with Gasteiger partial charge in [-0.15, -0.1) is 0 Å². The molecule has 1 N–H and O–H groups in total. The zero-order valence-corrected chi connectivity index (χ0v) is 17.7. The van der Waals surface area contributed by atoms with Crippen LogP contribution >= 0.6 is 0 Å². The van der Waals surface area contributed by atoms with Crippen LogP contribution in [0, 0.1) is 0 Å². The van der Waals surface area contributed by atoms with Gasteiger partial charge in [0.05, 0.1) is 6.54 Å². The van der Waals surface area contributed by atoms with Crippen LogP contribution < -0.4 is 14.8 Å². The number of anilines is 1. The van der Waals surface area contributed by atoms with Gasteiger partial charge in [-0.2, -0.15) is 0 Å². The first-order chi connectivity index (χ1) is 15.0. The maximum absolute atomic E-state index is 12.3. The van der Waals surface area contributed by atoms with Gasteiger partial charge < -0.3 is 19.7 Å². The Bertz CT molecular complexity index is 1000. The van der Waals surface area contributed by atoms with Crippen LogP contribution in [0.3, 0.4) is 0 Å². The standard InChI is InChI=1S/C25H26N2O4/c1-3-19-9-7-8-12-23(19)26-24(28)17-27(2)25(29)18-30-20-13-15-22(16-14-20)31-21-10-5-4-6-11-21/h4-16H,3,17-18H2,1-2H3,(H,26,28). The van der Waals surface area contributed by atoms with Gasteiger partial charge in [-0.1, -0.05) is 43.3 Å². The van der Waals surface area contributed by atoms with Crippen LogP contribution in [0.2, 0.25) is 0 Å². The number of carbonyl (C=O) groups excluding carboxylic acids is 2. The lowest BCUT2D eigenvalue weighted by Crippen LogP contribution is -2.37. The lowest BCUT2D eigenvalue weighted by molar-refractivity contribution is -0.135. The molecule has 2 amide bonds. The third kappa shape index (κ3) is 6.60. The molecule has 3 aromatic rings. The Morgan fingerprint density at radius 3 is 2.16 bits per heavy atom. The van der Waals surface area contributed by atoms with E-state index in [9.17, 15) is 9.59 Å². The minimum Gasteiger partial charge on any atom is -0.484 e. The van der Waals surface area contributed by atoms with E-state index >= 15 is 0 Å². The number of para-hydroxylation sites is 2. The molecule has 0 aliphatic carbocycles. The molecule has 0 spiro atoms. The largest absolute Gasteiger partial charge is 0.484 e. The molecule has 0 atom stereocenters. The normalized spacial score (nSPS) is 10.3. The van der Waals surface area contributed by atoms with Gasteiger partial charge in [0.25, 0.3) is 5.91 Å². The van der Waals surface area contributed by atoms with Crippen molar-refractivity contribution in [3.8, 4) is 17.2 Å². The molecular weight excluding hydrogens is 392 g/mol. The summed E-state index contributed by atoms with van der Waals surface area (Å²) in [6.45, 7) is 1.82. The molecule has 3 aromatic carbocycles. The quantitative estimate of drug-likeness (QED) is 0.555. The summed E-state index contributed by atoms with van der Waals surface area (Å²) in [6.07, 6.45) is 0.814. The first-order valence-electron chi connectivity index (χ1n) is 10.1. The van der Waals surface area contributed by atoms with Crippen LogP contribution in [-0.4, -0.2) is 36.9 Å². The van der Waals surface area contributed by atoms with Gasteiger partial charge in [-0.25, -0.2) is 0 Å². The first-order valence-corrected chi connectivity index (χ1v) is 10.1. The Morgan fingerprint density at radius 1 is 0.839 bits per heavy atom. The predicted molar refractivity (Wildman–Crippen MR) is 121 cm³/mol. The summed E-state index contributed by atoms with van der Waals surface area (Å²) in [6, 6.07) is 24.1. The summed E-state index contributed by atoms with van der Waals surface area (Å²) in [5, 5.41) is 2.86. The zero-order chi connectivity index (χ0) is 22.1. The summed E-state index contributed by atoms with van der Waals surface area (Å²) in [7, 11) is 1.58. The van der Waals surface area contributed by atoms with E-state index in [4.69, 9.17) is 9.47 Å². The summed E-state index contributed by atoms with van der Waals surface area (Å²) >= 11 is 0. The minimum atomic E-state index is -0.288. The molecule has 0 aliphatic rings. The highest BCUT2D eigenvalue weighted by Gasteiger charge is 2.14. The molecule has 0 unspecified atom stereocenters. The van der Waals surface area contributed by atoms with Crippen molar-refractivity contribution in [1.29, 1.82) is 0 Å². The summed E-state index contributed by atoms with van der Waals surface area (Å²) in [4.78, 5) is 26.0. The second-order valence-electron chi connectivity index (χ2n) is 6.98. The Balaban J connectivity index is 1.45. The molecule has 0 heterocycles. The average molecular weight is 418 g/mol. The smallest absolute Gasteiger partial charge is 0.260 e. The maximum Gasteiger partial charge on any atom is 0.260 e. The molecule has 0 radical (unpaired) electrons. The molecule has 0 bridgehead atoms. The van der Waals surface area contributed by atoms with Crippen LogP contribution in [-0.2, 0) is 16.0 Å². The third-order valence-electron chi connectivity index (χ3n) is 4.64. The number of hydrogen-bond acceptors (Lipinski definition) is 4. The number of hydrogen-bond donors (Lipinski definition) is 1. The second-order valence-corrected chi connectivity index (χ2v) is 6.98. The fourth-order valence-electron chi connectivity index (χ4n) is 2.93. The Labute approximate surface area is 182 Å². The highest BCUT2D eigenvalue weighted by molar-refractivity contribution is 5.95. The van der Waals surface area contributed by atoms with Gasteiger partial charge in [-0.05, 0) is 54.4 Å². The topological polar surface area (TPSA) is 67.9 Å². The van der Waals surface area contributed by atoms with E-state index in [2.05, 4.69) is 5.32 Å². The number of nitrogens with one attached hydrogen (secondary N) is 1. The summed E-state index contributed by atoms with van der Waals surface area (Å²) < 4.78 is 11.3. The number of likely N-dealkylation sites (N-methyl/N-ethyl adjacent to an activating group) is 1. The van der Waals surface area contributed by atoms with E-state index in [1.165, 1.54) is 4.90 Å². The van der Waals surface area contributed by atoms with Crippen molar-refractivity contribution in [2.24, 2.45) is 0 Å². The Morgan fingerprint density at radius 2 is 1.45 bits per heavy atom. The van der Waals surface area contributed by atoms with Crippen LogP contribution in [0.4, 0.5) is 5.69 Å². The van der Waals surface area contributed by atoms with Crippen molar-refractivity contribution in [3.63, 3.8) is 0 Å². The first kappa shape index (κ1) is 21.9. The van der Waals surface area contributed by atoms with Gasteiger partial charge in [0.15, 0.2) is 6.61 Å². The van der Waals surface area contributed by atoms with E-state index in [1.807, 2.05) is 61.5 Å². The van der Waals surface area contributed by atoms with Crippen molar-refractivity contribution in [2.45, 2.75) is 13.3 Å². The zero-order valence-electron chi connectivity index (χ0n) is 17.7. The average Bonchev–Trinajstić information content (AvgIpc) is 2.79. The molecule has 160 valence electrons. The monoisotopic (exact) mass is 418 g/mol. The van der Waals surface area contributed by atoms with E-state index in [0.29, 0.717) is 11.5 Å². The molecule has 0 saturated heterocycles. The van der Waals surface area contributed by atoms with E-state index in [0.717, 1.165) is 23.4 Å². The van der Waals surface area contributed by atoms with Crippen LogP contribution in [0.15, 0.2) is 78.9 Å². The number of nitrogens with zero attached hydrogens (tertiary/aromatic N) is 1. The number of benzene rings is 3. The predicted octanol–water partition coefficient (Wildman–Crippen LogP) is 4.52. The molecule has 0 aromatic heterocycles. The lowest BCUT2D eigenvalue weighted by Gasteiger charge is -2.18. The number of rotatable bonds is 9. The van der Waals surface area contributed by atoms with Crippen LogP contribution in [0.1, 0.15) is 12.5 Å². The maximum atomic E-state index is 12.3. The molecule has 31 heavy (non-hydrogen) atoms. The summed E-state index contributed by atoms with van der Waals surface area (Å²) in [5.74, 6) is 1.42. The van der Waals surface area contributed by atoms with Gasteiger partial charge in [0, 0.05) is 12.7 Å². The molecule has 0 saturated carbocycles. The van der Waals surface area contributed by atoms with E-state index in [1.54, 1.807) is 31.3 Å². The minimum absolute atomic E-state index is 0.0515. The molecular formula is C25H26N2O4. The molecule has 0 aliphatic heterocycles. The number of amides is 2. The molecule has 6 heteroatoms. The van der Waals surface area contributed by atoms with Gasteiger partial charge in [-0.3, -0.25) is 9.59 Å². The van der Waals surface area contributed by atoms with Crippen molar-refractivity contribution < 1.29 is 19.1 Å². The fourth-order valence-corrected chi connectivity index (χ4v) is 2.93. The Hall–Kier alpha value is -3.80. The van der Waals surface area contributed by atoms with Gasteiger partial charge >= 0.3 is 0 Å². The van der Waals surface area contributed by atoms with Gasteiger partial charge in [0.2, 0.25) is 5.91 Å². The molecule has 3 rings (SSSR count). The van der Waals surface area contributed by atoms with E-state index < -0.39 is 0 Å². The molecule has 0 fully saturated rings. The van der Waals surface area contributed by atoms with Crippen molar-refractivity contribution in [3.05, 3.63) is 84.4 Å². The lowest BCUT2D eigenvalue weighted by atomic mass is 10.1. The van der Waals surface area contributed by atoms with Crippen molar-refractivity contribution >= 4 is 17.5 Å². The highest BCUT2D eigenvalue weighted by atomic mass is 16.5. The van der Waals surface area contributed by atoms with Crippen molar-refractivity contribution in [1.82, 2.24) is 4.90 Å².